The van der Waals surface area contributed by atoms with Crippen molar-refractivity contribution in [1.82, 2.24) is 0 Å². The third kappa shape index (κ3) is 3.59. The van der Waals surface area contributed by atoms with Crippen molar-refractivity contribution in [1.29, 1.82) is 0 Å². The van der Waals surface area contributed by atoms with E-state index in [1.165, 1.54) is 50.3 Å². The summed E-state index contributed by atoms with van der Waals surface area (Å²) in [5.74, 6) is 0. The number of unbranched alkanes of at least 4 members (excludes halogenated alkanes) is 1. The number of rotatable bonds is 6. The highest BCUT2D eigenvalue weighted by Crippen LogP contribution is 2.43. The van der Waals surface area contributed by atoms with Gasteiger partial charge >= 0.3 is 0 Å². The average molecular weight is 249 g/mol. The maximum atomic E-state index is 5.06. The summed E-state index contributed by atoms with van der Waals surface area (Å²) in [6, 6.07) is 0. The number of ether oxygens (including phenoxy) is 1. The molecule has 0 aromatic heterocycles. The van der Waals surface area contributed by atoms with E-state index < -0.39 is 0 Å². The van der Waals surface area contributed by atoms with Crippen molar-refractivity contribution in [2.75, 3.05) is 19.0 Å². The fourth-order valence-corrected chi connectivity index (χ4v) is 3.16. The molecule has 0 aromatic carbocycles. The largest absolute Gasteiger partial charge is 0.385 e. The standard InChI is InChI=1S/C11H21BrO/c1-13-9-5-4-8-11(10-12)6-2-3-7-11/h2-10H2,1H3. The van der Waals surface area contributed by atoms with Gasteiger partial charge in [-0.15, -0.1) is 0 Å². The average Bonchev–Trinajstić information content (AvgIpc) is 2.62. The molecule has 0 unspecified atom stereocenters. The van der Waals surface area contributed by atoms with E-state index in [1.54, 1.807) is 7.11 Å². The molecule has 13 heavy (non-hydrogen) atoms. The van der Waals surface area contributed by atoms with Crippen LogP contribution >= 0.6 is 15.9 Å². The normalized spacial score (nSPS) is 20.8. The number of hydrogen-bond acceptors (Lipinski definition) is 1. The first-order chi connectivity index (χ1) is 6.33. The molecule has 1 nitrogen and oxygen atoms in total. The van der Waals surface area contributed by atoms with Crippen molar-refractivity contribution in [3.05, 3.63) is 0 Å². The Hall–Kier alpha value is 0.440. The number of halogens is 1. The number of hydrogen-bond donors (Lipinski definition) is 0. The van der Waals surface area contributed by atoms with Crippen LogP contribution in [0.15, 0.2) is 0 Å². The highest BCUT2D eigenvalue weighted by Gasteiger charge is 2.31. The summed E-state index contributed by atoms with van der Waals surface area (Å²) < 4.78 is 5.06. The predicted molar refractivity (Wildman–Crippen MR) is 60.4 cm³/mol. The summed E-state index contributed by atoms with van der Waals surface area (Å²) in [4.78, 5) is 0. The van der Waals surface area contributed by atoms with Gasteiger partial charge in [0.1, 0.15) is 0 Å². The Morgan fingerprint density at radius 2 is 1.92 bits per heavy atom. The van der Waals surface area contributed by atoms with Gasteiger partial charge in [0.05, 0.1) is 0 Å². The van der Waals surface area contributed by atoms with Crippen LogP contribution in [0.5, 0.6) is 0 Å². The molecule has 0 spiro atoms. The Labute approximate surface area is 90.4 Å². The molecule has 0 aliphatic heterocycles. The molecule has 0 atom stereocenters. The molecular formula is C11H21BrO. The lowest BCUT2D eigenvalue weighted by atomic mass is 9.83. The number of alkyl halides is 1. The van der Waals surface area contributed by atoms with Gasteiger partial charge in [-0.05, 0) is 31.1 Å². The van der Waals surface area contributed by atoms with Gasteiger partial charge in [-0.25, -0.2) is 0 Å². The van der Waals surface area contributed by atoms with Crippen LogP contribution in [-0.2, 0) is 4.74 Å². The fraction of sp³-hybridized carbons (Fsp3) is 1.00. The van der Waals surface area contributed by atoms with Crippen molar-refractivity contribution < 1.29 is 4.74 Å². The van der Waals surface area contributed by atoms with Crippen LogP contribution in [0.2, 0.25) is 0 Å². The Balaban J connectivity index is 2.16. The summed E-state index contributed by atoms with van der Waals surface area (Å²) in [6.45, 7) is 0.929. The van der Waals surface area contributed by atoms with Crippen LogP contribution in [0.4, 0.5) is 0 Å². The second-order valence-corrected chi connectivity index (χ2v) is 4.85. The molecule has 1 rings (SSSR count). The molecule has 2 heteroatoms. The molecule has 1 fully saturated rings. The van der Waals surface area contributed by atoms with E-state index >= 15 is 0 Å². The molecule has 1 aliphatic rings. The van der Waals surface area contributed by atoms with E-state index in [4.69, 9.17) is 4.74 Å². The lowest BCUT2D eigenvalue weighted by Crippen LogP contribution is -2.18. The maximum Gasteiger partial charge on any atom is 0.0462 e. The molecule has 1 aliphatic carbocycles. The third-order valence-electron chi connectivity index (χ3n) is 3.25. The van der Waals surface area contributed by atoms with E-state index in [9.17, 15) is 0 Å². The molecule has 0 heterocycles. The van der Waals surface area contributed by atoms with Crippen LogP contribution in [0, 0.1) is 5.41 Å². The Kier molecular flexibility index (Phi) is 5.34. The topological polar surface area (TPSA) is 9.23 Å². The molecule has 0 saturated heterocycles. The highest BCUT2D eigenvalue weighted by molar-refractivity contribution is 9.09. The first-order valence-electron chi connectivity index (χ1n) is 5.38. The zero-order chi connectivity index (χ0) is 9.57. The van der Waals surface area contributed by atoms with Crippen LogP contribution in [0.3, 0.4) is 0 Å². The van der Waals surface area contributed by atoms with Gasteiger partial charge in [-0.2, -0.15) is 0 Å². The van der Waals surface area contributed by atoms with Gasteiger partial charge in [0, 0.05) is 19.0 Å². The summed E-state index contributed by atoms with van der Waals surface area (Å²) >= 11 is 3.67. The first-order valence-corrected chi connectivity index (χ1v) is 6.50. The van der Waals surface area contributed by atoms with E-state index in [0.29, 0.717) is 5.41 Å². The van der Waals surface area contributed by atoms with E-state index in [2.05, 4.69) is 15.9 Å². The predicted octanol–water partition coefficient (Wildman–Crippen LogP) is 3.76. The van der Waals surface area contributed by atoms with Crippen molar-refractivity contribution in [3.63, 3.8) is 0 Å². The van der Waals surface area contributed by atoms with E-state index in [0.717, 1.165) is 6.61 Å². The summed E-state index contributed by atoms with van der Waals surface area (Å²) in [6.07, 6.45) is 9.70. The summed E-state index contributed by atoms with van der Waals surface area (Å²) in [5.41, 5.74) is 0.647. The van der Waals surface area contributed by atoms with E-state index in [-0.39, 0.29) is 0 Å². The highest BCUT2D eigenvalue weighted by atomic mass is 79.9. The lowest BCUT2D eigenvalue weighted by Gasteiger charge is -2.26. The van der Waals surface area contributed by atoms with Crippen LogP contribution in [0.25, 0.3) is 0 Å². The maximum absolute atomic E-state index is 5.06. The lowest BCUT2D eigenvalue weighted by molar-refractivity contribution is 0.185. The SMILES string of the molecule is COCCCCC1(CBr)CCCC1. The van der Waals surface area contributed by atoms with Gasteiger partial charge in [-0.1, -0.05) is 35.2 Å². The first kappa shape index (κ1) is 11.5. The molecule has 0 bridgehead atoms. The van der Waals surface area contributed by atoms with Crippen LogP contribution in [-0.4, -0.2) is 19.0 Å². The summed E-state index contributed by atoms with van der Waals surface area (Å²) in [5, 5.41) is 1.20. The quantitative estimate of drug-likeness (QED) is 0.514. The van der Waals surface area contributed by atoms with Crippen molar-refractivity contribution in [3.8, 4) is 0 Å². The minimum atomic E-state index is 0.647. The minimum absolute atomic E-state index is 0.647. The molecule has 78 valence electrons. The molecule has 0 radical (unpaired) electrons. The Morgan fingerprint density at radius 1 is 1.23 bits per heavy atom. The minimum Gasteiger partial charge on any atom is -0.385 e. The molecular weight excluding hydrogens is 228 g/mol. The monoisotopic (exact) mass is 248 g/mol. The fourth-order valence-electron chi connectivity index (χ4n) is 2.32. The van der Waals surface area contributed by atoms with Gasteiger partial charge in [0.2, 0.25) is 0 Å². The van der Waals surface area contributed by atoms with Gasteiger partial charge in [0.25, 0.3) is 0 Å². The van der Waals surface area contributed by atoms with Crippen LogP contribution < -0.4 is 0 Å². The van der Waals surface area contributed by atoms with Crippen molar-refractivity contribution >= 4 is 15.9 Å². The van der Waals surface area contributed by atoms with Crippen molar-refractivity contribution in [2.24, 2.45) is 5.41 Å². The van der Waals surface area contributed by atoms with Crippen LogP contribution in [0.1, 0.15) is 44.9 Å². The smallest absolute Gasteiger partial charge is 0.0462 e. The second-order valence-electron chi connectivity index (χ2n) is 4.29. The molecule has 0 aromatic rings. The van der Waals surface area contributed by atoms with Gasteiger partial charge in [-0.3, -0.25) is 0 Å². The van der Waals surface area contributed by atoms with Crippen molar-refractivity contribution in [2.45, 2.75) is 44.9 Å². The van der Waals surface area contributed by atoms with E-state index in [1.807, 2.05) is 0 Å². The third-order valence-corrected chi connectivity index (χ3v) is 4.44. The second kappa shape index (κ2) is 6.02. The van der Waals surface area contributed by atoms with Gasteiger partial charge < -0.3 is 4.74 Å². The Morgan fingerprint density at radius 3 is 2.46 bits per heavy atom. The Bertz CT molecular complexity index is 130. The molecule has 1 saturated carbocycles. The molecule has 0 N–H and O–H groups in total. The summed E-state index contributed by atoms with van der Waals surface area (Å²) in [7, 11) is 1.79. The number of methoxy groups -OCH3 is 1. The zero-order valence-electron chi connectivity index (χ0n) is 8.65. The zero-order valence-corrected chi connectivity index (χ0v) is 10.2. The molecule has 0 amide bonds. The van der Waals surface area contributed by atoms with Gasteiger partial charge in [0.15, 0.2) is 0 Å².